The number of hydrogen-bond donors (Lipinski definition) is 0. The lowest BCUT2D eigenvalue weighted by atomic mass is 10.1. The minimum Gasteiger partial charge on any atom is -0.462 e. The van der Waals surface area contributed by atoms with Crippen LogP contribution in [0.2, 0.25) is 0 Å². The van der Waals surface area contributed by atoms with E-state index in [2.05, 4.69) is 142 Å². The third-order valence-electron chi connectivity index (χ3n) is 14.5. The number of esters is 3. The smallest absolute Gasteiger partial charge is 0.306 e. The molecule has 0 amide bonds. The van der Waals surface area contributed by atoms with Gasteiger partial charge in [-0.1, -0.05) is 303 Å². The first-order valence-electron chi connectivity index (χ1n) is 34.0. The van der Waals surface area contributed by atoms with Gasteiger partial charge in [-0.25, -0.2) is 0 Å². The maximum absolute atomic E-state index is 12.9. The Morgan fingerprint density at radius 2 is 0.481 bits per heavy atom. The summed E-state index contributed by atoms with van der Waals surface area (Å²) >= 11 is 0. The zero-order chi connectivity index (χ0) is 58.5. The number of carbonyl (C=O) groups excluding carboxylic acids is 3. The fourth-order valence-corrected chi connectivity index (χ4v) is 9.37. The fraction of sp³-hybridized carbons (Fsp3) is 0.693. The van der Waals surface area contributed by atoms with E-state index in [0.717, 1.165) is 122 Å². The lowest BCUT2D eigenvalue weighted by Gasteiger charge is -2.18. The molecule has 0 spiro atoms. The molecule has 0 aromatic heterocycles. The Hall–Kier alpha value is -4.19. The Morgan fingerprint density at radius 3 is 0.765 bits per heavy atom. The molecular formula is C75H126O6. The van der Waals surface area contributed by atoms with Crippen LogP contribution in [0.3, 0.4) is 0 Å². The summed E-state index contributed by atoms with van der Waals surface area (Å²) < 4.78 is 16.9. The molecule has 6 heteroatoms. The second-order valence-electron chi connectivity index (χ2n) is 22.4. The van der Waals surface area contributed by atoms with Crippen LogP contribution in [0.25, 0.3) is 0 Å². The predicted octanol–water partition coefficient (Wildman–Crippen LogP) is 23.6. The molecule has 0 aliphatic heterocycles. The molecule has 0 aliphatic rings. The third-order valence-corrected chi connectivity index (χ3v) is 14.5. The van der Waals surface area contributed by atoms with Gasteiger partial charge < -0.3 is 14.2 Å². The molecule has 462 valence electrons. The van der Waals surface area contributed by atoms with Crippen molar-refractivity contribution in [3.63, 3.8) is 0 Å². The van der Waals surface area contributed by atoms with Crippen LogP contribution in [0.5, 0.6) is 0 Å². The van der Waals surface area contributed by atoms with E-state index in [0.29, 0.717) is 19.3 Å². The highest BCUT2D eigenvalue weighted by Gasteiger charge is 2.19. The van der Waals surface area contributed by atoms with Crippen molar-refractivity contribution in [2.75, 3.05) is 13.2 Å². The van der Waals surface area contributed by atoms with Gasteiger partial charge in [0.2, 0.25) is 0 Å². The number of carbonyl (C=O) groups is 3. The minimum atomic E-state index is -0.785. The molecule has 0 aliphatic carbocycles. The van der Waals surface area contributed by atoms with Gasteiger partial charge in [0.15, 0.2) is 6.10 Å². The molecule has 0 saturated carbocycles. The Kier molecular flexibility index (Phi) is 64.8. The van der Waals surface area contributed by atoms with Gasteiger partial charge in [-0.2, -0.15) is 0 Å². The van der Waals surface area contributed by atoms with Gasteiger partial charge in [0.1, 0.15) is 13.2 Å². The Labute approximate surface area is 501 Å². The summed E-state index contributed by atoms with van der Waals surface area (Å²) in [4.78, 5) is 38.3. The zero-order valence-corrected chi connectivity index (χ0v) is 53.0. The van der Waals surface area contributed by atoms with Crippen molar-refractivity contribution < 1.29 is 28.6 Å². The first-order chi connectivity index (χ1) is 40.0. The van der Waals surface area contributed by atoms with E-state index < -0.39 is 6.10 Å². The van der Waals surface area contributed by atoms with E-state index in [4.69, 9.17) is 14.2 Å². The summed E-state index contributed by atoms with van der Waals surface area (Å²) in [5.74, 6) is -0.890. The van der Waals surface area contributed by atoms with Crippen molar-refractivity contribution in [3.8, 4) is 0 Å². The molecule has 0 fully saturated rings. The Balaban J connectivity index is 4.24. The number of unbranched alkanes of at least 4 members (excludes halogenated alkanes) is 30. The third kappa shape index (κ3) is 66.5. The molecule has 0 aromatic rings. The molecule has 0 N–H and O–H groups in total. The lowest BCUT2D eigenvalue weighted by Crippen LogP contribution is -2.30. The molecule has 0 rings (SSSR count). The largest absolute Gasteiger partial charge is 0.462 e. The first kappa shape index (κ1) is 76.8. The van der Waals surface area contributed by atoms with Crippen molar-refractivity contribution >= 4 is 17.9 Å². The number of hydrogen-bond acceptors (Lipinski definition) is 6. The Bertz CT molecular complexity index is 1670. The molecule has 81 heavy (non-hydrogen) atoms. The second kappa shape index (κ2) is 68.3. The van der Waals surface area contributed by atoms with Crippen LogP contribution in [0.4, 0.5) is 0 Å². The van der Waals surface area contributed by atoms with Gasteiger partial charge in [-0.15, -0.1) is 0 Å². The molecule has 0 bridgehead atoms. The van der Waals surface area contributed by atoms with Crippen molar-refractivity contribution in [3.05, 3.63) is 122 Å². The van der Waals surface area contributed by atoms with E-state index in [1.165, 1.54) is 154 Å². The van der Waals surface area contributed by atoms with Crippen LogP contribution in [0.15, 0.2) is 122 Å². The topological polar surface area (TPSA) is 78.9 Å². The molecule has 1 atom stereocenters. The highest BCUT2D eigenvalue weighted by molar-refractivity contribution is 5.71. The molecular weight excluding hydrogens is 997 g/mol. The average Bonchev–Trinajstić information content (AvgIpc) is 3.47. The average molecular weight is 1120 g/mol. The van der Waals surface area contributed by atoms with Crippen molar-refractivity contribution in [1.82, 2.24) is 0 Å². The maximum Gasteiger partial charge on any atom is 0.306 e. The summed E-state index contributed by atoms with van der Waals surface area (Å²) in [5, 5.41) is 0. The quantitative estimate of drug-likeness (QED) is 0.0261. The van der Waals surface area contributed by atoms with Gasteiger partial charge in [0, 0.05) is 19.3 Å². The number of rotatable bonds is 61. The van der Waals surface area contributed by atoms with Crippen molar-refractivity contribution in [2.45, 2.75) is 322 Å². The zero-order valence-electron chi connectivity index (χ0n) is 53.0. The van der Waals surface area contributed by atoms with Crippen LogP contribution < -0.4 is 0 Å². The number of ether oxygens (including phenoxy) is 3. The van der Waals surface area contributed by atoms with Crippen LogP contribution in [0.1, 0.15) is 316 Å². The van der Waals surface area contributed by atoms with Gasteiger partial charge in [0.25, 0.3) is 0 Å². The van der Waals surface area contributed by atoms with Gasteiger partial charge >= 0.3 is 17.9 Å². The summed E-state index contributed by atoms with van der Waals surface area (Å²) in [5.41, 5.74) is 0. The van der Waals surface area contributed by atoms with E-state index in [1.54, 1.807) is 0 Å². The summed E-state index contributed by atoms with van der Waals surface area (Å²) in [7, 11) is 0. The van der Waals surface area contributed by atoms with Crippen LogP contribution in [-0.2, 0) is 28.6 Å². The Morgan fingerprint density at radius 1 is 0.259 bits per heavy atom. The van der Waals surface area contributed by atoms with Crippen LogP contribution >= 0.6 is 0 Å². The van der Waals surface area contributed by atoms with Gasteiger partial charge in [-0.3, -0.25) is 14.4 Å². The predicted molar refractivity (Wildman–Crippen MR) is 353 cm³/mol. The van der Waals surface area contributed by atoms with Gasteiger partial charge in [-0.05, 0) is 116 Å². The summed E-state index contributed by atoms with van der Waals surface area (Å²) in [6.07, 6.45) is 95.0. The van der Waals surface area contributed by atoms with Crippen LogP contribution in [-0.4, -0.2) is 37.2 Å². The SMILES string of the molecule is CC/C=C\C/C=C\C/C=C\C/C=C\C/C=C\C/C=C\C/C=C\C/C=C\C/C=C\CCCCCCCCCC(=O)OCC(COC(=O)CCCCCCCCCCCCC)OC(=O)CCCCCCCCC/C=C\CCCCCCCC. The first-order valence-corrected chi connectivity index (χ1v) is 34.0. The van der Waals surface area contributed by atoms with Crippen molar-refractivity contribution in [2.24, 2.45) is 0 Å². The summed E-state index contributed by atoms with van der Waals surface area (Å²) in [6.45, 7) is 6.52. The molecule has 1 unspecified atom stereocenters. The molecule has 0 heterocycles. The minimum absolute atomic E-state index is 0.0813. The summed E-state index contributed by atoms with van der Waals surface area (Å²) in [6, 6.07) is 0. The van der Waals surface area contributed by atoms with E-state index in [-0.39, 0.29) is 31.1 Å². The van der Waals surface area contributed by atoms with Crippen molar-refractivity contribution in [1.29, 1.82) is 0 Å². The fourth-order valence-electron chi connectivity index (χ4n) is 9.37. The number of allylic oxidation sites excluding steroid dienone is 20. The van der Waals surface area contributed by atoms with E-state index >= 15 is 0 Å². The monoisotopic (exact) mass is 1120 g/mol. The molecule has 0 saturated heterocycles. The standard InChI is InChI=1S/C75H126O6/c1-4-7-10-13-16-19-22-24-26-28-29-30-31-32-33-34-35-36-37-38-39-40-41-42-43-44-45-47-48-50-53-56-59-62-65-68-74(77)80-71-72(70-79-73(76)67-64-61-58-55-52-21-18-15-12-9-6-3)81-75(78)69-66-63-60-57-54-51-49-46-27-25-23-20-17-14-11-8-5-2/h7,10,16,19,24-27,29-30,32-33,35-36,38-39,41-42,44-45,72H,4-6,8-9,11-15,17-18,20-23,28,31,34,37,40,43,46-71H2,1-3H3/b10-7-,19-16-,26-24-,27-25-,30-29-,33-32-,36-35-,39-38-,42-41-,45-44-. The normalized spacial score (nSPS) is 12.9. The molecule has 0 radical (unpaired) electrons. The molecule has 0 aromatic carbocycles. The molecule has 6 nitrogen and oxygen atoms in total. The highest BCUT2D eigenvalue weighted by Crippen LogP contribution is 2.16. The second-order valence-corrected chi connectivity index (χ2v) is 22.4. The maximum atomic E-state index is 12.9. The van der Waals surface area contributed by atoms with Gasteiger partial charge in [0.05, 0.1) is 0 Å². The highest BCUT2D eigenvalue weighted by atomic mass is 16.6. The lowest BCUT2D eigenvalue weighted by molar-refractivity contribution is -0.167. The van der Waals surface area contributed by atoms with E-state index in [9.17, 15) is 14.4 Å². The van der Waals surface area contributed by atoms with Crippen LogP contribution in [0, 0.1) is 0 Å². The van der Waals surface area contributed by atoms with E-state index in [1.807, 2.05) is 0 Å².